The first-order valence-corrected chi connectivity index (χ1v) is 5.31. The van der Waals surface area contributed by atoms with Gasteiger partial charge in [0.15, 0.2) is 5.82 Å². The number of rotatable bonds is 4. The molecule has 0 radical (unpaired) electrons. The van der Waals surface area contributed by atoms with Crippen LogP contribution in [0.4, 0.5) is 10.6 Å². The van der Waals surface area contributed by atoms with Gasteiger partial charge in [0, 0.05) is 12.5 Å². The molecule has 0 aliphatic heterocycles. The van der Waals surface area contributed by atoms with E-state index in [4.69, 9.17) is 14.7 Å². The number of carbonyl (C=O) groups is 1. The smallest absolute Gasteiger partial charge is 0.410 e. The maximum Gasteiger partial charge on any atom is 0.410 e. The lowest BCUT2D eigenvalue weighted by molar-refractivity contribution is 0.209. The second-order valence-electron chi connectivity index (χ2n) is 3.76. The molecule has 0 atom stereocenters. The first kappa shape index (κ1) is 12.1. The van der Waals surface area contributed by atoms with Gasteiger partial charge in [-0.25, -0.2) is 4.79 Å². The van der Waals surface area contributed by atoms with Gasteiger partial charge in [-0.1, -0.05) is 29.4 Å². The summed E-state index contributed by atoms with van der Waals surface area (Å²) in [5.41, 5.74) is 1.83. The van der Waals surface area contributed by atoms with E-state index >= 15 is 0 Å². The Morgan fingerprint density at radius 2 is 1.94 bits per heavy atom. The number of aliphatic hydroxyl groups excluding tert-OH is 1. The molecule has 0 fully saturated rings. The van der Waals surface area contributed by atoms with E-state index in [0.717, 1.165) is 11.1 Å². The van der Waals surface area contributed by atoms with Gasteiger partial charge in [-0.15, -0.1) is 0 Å². The second kappa shape index (κ2) is 5.33. The molecule has 0 saturated carbocycles. The molecule has 0 saturated heterocycles. The standard InChI is InChI=1S/C12H12N2O4/c15-7-9-3-1-8(2-4-9)5-10-6-11(14-18-10)13-12(16)17/h1-4,6,15H,5,7H2,(H,13,14)(H,16,17). The average molecular weight is 248 g/mol. The lowest BCUT2D eigenvalue weighted by Crippen LogP contribution is -2.06. The number of hydrogen-bond acceptors (Lipinski definition) is 4. The van der Waals surface area contributed by atoms with Crippen molar-refractivity contribution in [3.05, 3.63) is 47.2 Å². The van der Waals surface area contributed by atoms with Gasteiger partial charge in [0.25, 0.3) is 0 Å². The van der Waals surface area contributed by atoms with Crippen molar-refractivity contribution in [1.82, 2.24) is 5.16 Å². The Bertz CT molecular complexity index is 533. The molecule has 1 heterocycles. The van der Waals surface area contributed by atoms with E-state index in [9.17, 15) is 4.79 Å². The van der Waals surface area contributed by atoms with Crippen LogP contribution in [0.1, 0.15) is 16.9 Å². The summed E-state index contributed by atoms with van der Waals surface area (Å²) in [6.07, 6.45) is -0.665. The fourth-order valence-electron chi connectivity index (χ4n) is 1.53. The van der Waals surface area contributed by atoms with Gasteiger partial charge >= 0.3 is 6.09 Å². The van der Waals surface area contributed by atoms with Crippen LogP contribution in [0.25, 0.3) is 0 Å². The third-order valence-electron chi connectivity index (χ3n) is 2.38. The van der Waals surface area contributed by atoms with Gasteiger partial charge in [-0.2, -0.15) is 0 Å². The molecule has 1 aromatic heterocycles. The first-order chi connectivity index (χ1) is 8.67. The van der Waals surface area contributed by atoms with E-state index in [1.807, 2.05) is 24.3 Å². The lowest BCUT2D eigenvalue weighted by Gasteiger charge is -1.99. The number of anilines is 1. The summed E-state index contributed by atoms with van der Waals surface area (Å²) in [4.78, 5) is 10.4. The molecule has 1 amide bonds. The molecule has 2 aromatic rings. The fraction of sp³-hybridized carbons (Fsp3) is 0.167. The number of aliphatic hydroxyl groups is 1. The highest BCUT2D eigenvalue weighted by Crippen LogP contribution is 2.14. The van der Waals surface area contributed by atoms with E-state index < -0.39 is 6.09 Å². The van der Waals surface area contributed by atoms with Crippen molar-refractivity contribution in [3.8, 4) is 0 Å². The molecule has 2 rings (SSSR count). The van der Waals surface area contributed by atoms with Crippen molar-refractivity contribution in [1.29, 1.82) is 0 Å². The van der Waals surface area contributed by atoms with Crippen molar-refractivity contribution in [2.24, 2.45) is 0 Å². The summed E-state index contributed by atoms with van der Waals surface area (Å²) in [5, 5.41) is 23.1. The van der Waals surface area contributed by atoms with Crippen LogP contribution in [0.15, 0.2) is 34.9 Å². The van der Waals surface area contributed by atoms with Crippen LogP contribution < -0.4 is 5.32 Å². The quantitative estimate of drug-likeness (QED) is 0.767. The first-order valence-electron chi connectivity index (χ1n) is 5.31. The fourth-order valence-corrected chi connectivity index (χ4v) is 1.53. The van der Waals surface area contributed by atoms with Crippen LogP contribution in [0.5, 0.6) is 0 Å². The molecule has 1 aromatic carbocycles. The van der Waals surface area contributed by atoms with Crippen LogP contribution in [0.3, 0.4) is 0 Å². The lowest BCUT2D eigenvalue weighted by atomic mass is 10.1. The van der Waals surface area contributed by atoms with Gasteiger partial charge in [0.2, 0.25) is 0 Å². The molecule has 0 bridgehead atoms. The van der Waals surface area contributed by atoms with Crippen molar-refractivity contribution < 1.29 is 19.5 Å². The number of nitrogens with zero attached hydrogens (tertiary/aromatic N) is 1. The molecular formula is C12H12N2O4. The highest BCUT2D eigenvalue weighted by Gasteiger charge is 2.07. The Kier molecular flexibility index (Phi) is 3.59. The molecule has 0 unspecified atom stereocenters. The summed E-state index contributed by atoms with van der Waals surface area (Å²) in [5.74, 6) is 0.736. The number of amides is 1. The third kappa shape index (κ3) is 3.08. The molecule has 18 heavy (non-hydrogen) atoms. The predicted octanol–water partition coefficient (Wildman–Crippen LogP) is 1.85. The molecule has 94 valence electrons. The number of benzene rings is 1. The minimum Gasteiger partial charge on any atom is -0.465 e. The number of aromatic nitrogens is 1. The predicted molar refractivity (Wildman–Crippen MR) is 63.3 cm³/mol. The minimum atomic E-state index is -1.18. The second-order valence-corrected chi connectivity index (χ2v) is 3.76. The van der Waals surface area contributed by atoms with Gasteiger partial charge in [0.1, 0.15) is 5.76 Å². The van der Waals surface area contributed by atoms with Gasteiger partial charge in [-0.05, 0) is 11.1 Å². The highest BCUT2D eigenvalue weighted by atomic mass is 16.5. The average Bonchev–Trinajstić information content (AvgIpc) is 2.76. The Morgan fingerprint density at radius 1 is 1.28 bits per heavy atom. The van der Waals surface area contributed by atoms with Crippen molar-refractivity contribution in [2.75, 3.05) is 5.32 Å². The number of nitrogens with one attached hydrogen (secondary N) is 1. The van der Waals surface area contributed by atoms with Crippen molar-refractivity contribution >= 4 is 11.9 Å². The minimum absolute atomic E-state index is 0.00919. The zero-order chi connectivity index (χ0) is 13.0. The molecule has 3 N–H and O–H groups in total. The maximum absolute atomic E-state index is 10.4. The molecule has 6 heteroatoms. The molecule has 0 aliphatic carbocycles. The monoisotopic (exact) mass is 248 g/mol. The van der Waals surface area contributed by atoms with Gasteiger partial charge in [0.05, 0.1) is 6.61 Å². The van der Waals surface area contributed by atoms with E-state index in [-0.39, 0.29) is 12.4 Å². The zero-order valence-electron chi connectivity index (χ0n) is 9.46. The topological polar surface area (TPSA) is 95.6 Å². The maximum atomic E-state index is 10.4. The molecular weight excluding hydrogens is 236 g/mol. The van der Waals surface area contributed by atoms with E-state index in [0.29, 0.717) is 12.2 Å². The number of hydrogen-bond donors (Lipinski definition) is 3. The Balaban J connectivity index is 2.03. The zero-order valence-corrected chi connectivity index (χ0v) is 9.46. The molecule has 0 spiro atoms. The van der Waals surface area contributed by atoms with E-state index in [2.05, 4.69) is 10.5 Å². The molecule has 6 nitrogen and oxygen atoms in total. The van der Waals surface area contributed by atoms with Crippen LogP contribution in [-0.4, -0.2) is 21.5 Å². The van der Waals surface area contributed by atoms with E-state index in [1.165, 1.54) is 6.07 Å². The molecule has 0 aliphatic rings. The van der Waals surface area contributed by atoms with Crippen LogP contribution in [-0.2, 0) is 13.0 Å². The van der Waals surface area contributed by atoms with Gasteiger partial charge < -0.3 is 14.7 Å². The summed E-state index contributed by atoms with van der Waals surface area (Å²) in [7, 11) is 0. The van der Waals surface area contributed by atoms with Crippen molar-refractivity contribution in [3.63, 3.8) is 0 Å². The van der Waals surface area contributed by atoms with Crippen molar-refractivity contribution in [2.45, 2.75) is 13.0 Å². The third-order valence-corrected chi connectivity index (χ3v) is 2.38. The SMILES string of the molecule is O=C(O)Nc1cc(Cc2ccc(CO)cc2)on1. The summed E-state index contributed by atoms with van der Waals surface area (Å²) in [6, 6.07) is 8.93. The van der Waals surface area contributed by atoms with Gasteiger partial charge in [-0.3, -0.25) is 5.32 Å². The normalized spacial score (nSPS) is 10.3. The summed E-state index contributed by atoms with van der Waals surface area (Å²) >= 11 is 0. The largest absolute Gasteiger partial charge is 0.465 e. The van der Waals surface area contributed by atoms with Crippen LogP contribution in [0, 0.1) is 0 Å². The summed E-state index contributed by atoms with van der Waals surface area (Å²) in [6.45, 7) is 0.00919. The Morgan fingerprint density at radius 3 is 2.56 bits per heavy atom. The van der Waals surface area contributed by atoms with Crippen LogP contribution in [0.2, 0.25) is 0 Å². The van der Waals surface area contributed by atoms with Crippen LogP contribution >= 0.6 is 0 Å². The Hall–Kier alpha value is -2.34. The number of carboxylic acid groups (broad SMARTS) is 1. The summed E-state index contributed by atoms with van der Waals surface area (Å²) < 4.78 is 5.00. The highest BCUT2D eigenvalue weighted by molar-refractivity contribution is 5.81. The van der Waals surface area contributed by atoms with E-state index in [1.54, 1.807) is 0 Å². The Labute approximate surface area is 103 Å².